The smallest absolute Gasteiger partial charge is 0.237 e. The van der Waals surface area contributed by atoms with Crippen molar-refractivity contribution in [1.82, 2.24) is 15.6 Å². The fraction of sp³-hybridized carbons (Fsp3) is 0.538. The Morgan fingerprint density at radius 1 is 1.61 bits per heavy atom. The molecule has 0 bridgehead atoms. The number of aromatic nitrogens is 1. The molecule has 1 amide bonds. The van der Waals surface area contributed by atoms with Gasteiger partial charge in [0.2, 0.25) is 11.8 Å². The predicted molar refractivity (Wildman–Crippen MR) is 68.3 cm³/mol. The van der Waals surface area contributed by atoms with E-state index in [-0.39, 0.29) is 11.9 Å². The van der Waals surface area contributed by atoms with Crippen LogP contribution < -0.4 is 15.4 Å². The average Bonchev–Trinajstić information content (AvgIpc) is 2.46. The SMILES string of the molecule is COc1ncccc1CNC(=O)[C@H]1CCCCN1. The van der Waals surface area contributed by atoms with Gasteiger partial charge in [-0.2, -0.15) is 0 Å². The molecule has 0 saturated carbocycles. The topological polar surface area (TPSA) is 63.2 Å². The van der Waals surface area contributed by atoms with Gasteiger partial charge in [-0.15, -0.1) is 0 Å². The number of nitrogens with zero attached hydrogens (tertiary/aromatic N) is 1. The Morgan fingerprint density at radius 3 is 3.22 bits per heavy atom. The number of hydrogen-bond donors (Lipinski definition) is 2. The van der Waals surface area contributed by atoms with Crippen LogP contribution in [0.15, 0.2) is 18.3 Å². The minimum absolute atomic E-state index is 0.0542. The van der Waals surface area contributed by atoms with Crippen LogP contribution >= 0.6 is 0 Å². The molecular weight excluding hydrogens is 230 g/mol. The van der Waals surface area contributed by atoms with E-state index < -0.39 is 0 Å². The number of piperidine rings is 1. The Hall–Kier alpha value is -1.62. The Balaban J connectivity index is 1.88. The van der Waals surface area contributed by atoms with E-state index in [1.165, 1.54) is 0 Å². The van der Waals surface area contributed by atoms with E-state index in [0.717, 1.165) is 31.4 Å². The largest absolute Gasteiger partial charge is 0.481 e. The van der Waals surface area contributed by atoms with Gasteiger partial charge in [0.25, 0.3) is 0 Å². The van der Waals surface area contributed by atoms with Crippen molar-refractivity contribution in [3.63, 3.8) is 0 Å². The highest BCUT2D eigenvalue weighted by atomic mass is 16.5. The first-order valence-corrected chi connectivity index (χ1v) is 6.30. The zero-order valence-electron chi connectivity index (χ0n) is 10.6. The molecule has 98 valence electrons. The summed E-state index contributed by atoms with van der Waals surface area (Å²) in [5.74, 6) is 0.620. The van der Waals surface area contributed by atoms with Crippen molar-refractivity contribution in [3.8, 4) is 5.88 Å². The second-order valence-electron chi connectivity index (χ2n) is 4.39. The van der Waals surface area contributed by atoms with Crippen molar-refractivity contribution in [2.45, 2.75) is 31.8 Å². The fourth-order valence-corrected chi connectivity index (χ4v) is 2.12. The normalized spacial score (nSPS) is 19.3. The molecule has 0 aromatic carbocycles. The van der Waals surface area contributed by atoms with Crippen molar-refractivity contribution in [2.24, 2.45) is 0 Å². The molecule has 5 heteroatoms. The van der Waals surface area contributed by atoms with Gasteiger partial charge in [0.1, 0.15) is 0 Å². The molecule has 0 radical (unpaired) electrons. The van der Waals surface area contributed by atoms with Crippen LogP contribution in [0, 0.1) is 0 Å². The maximum absolute atomic E-state index is 11.9. The van der Waals surface area contributed by atoms with Crippen molar-refractivity contribution in [2.75, 3.05) is 13.7 Å². The van der Waals surface area contributed by atoms with Crippen LogP contribution in [0.25, 0.3) is 0 Å². The van der Waals surface area contributed by atoms with E-state index in [1.807, 2.05) is 12.1 Å². The highest BCUT2D eigenvalue weighted by Crippen LogP contribution is 2.13. The summed E-state index contributed by atoms with van der Waals surface area (Å²) in [6.45, 7) is 1.38. The lowest BCUT2D eigenvalue weighted by Gasteiger charge is -2.22. The third-order valence-electron chi connectivity index (χ3n) is 3.12. The molecule has 2 rings (SSSR count). The number of amides is 1. The lowest BCUT2D eigenvalue weighted by atomic mass is 10.0. The molecule has 0 unspecified atom stereocenters. The number of pyridine rings is 1. The van der Waals surface area contributed by atoms with Crippen LogP contribution in [0.1, 0.15) is 24.8 Å². The molecular formula is C13H19N3O2. The number of ether oxygens (including phenoxy) is 1. The molecule has 18 heavy (non-hydrogen) atoms. The summed E-state index contributed by atoms with van der Waals surface area (Å²) in [7, 11) is 1.58. The van der Waals surface area contributed by atoms with Crippen molar-refractivity contribution in [3.05, 3.63) is 23.9 Å². The van der Waals surface area contributed by atoms with Crippen LogP contribution in [0.4, 0.5) is 0 Å². The number of methoxy groups -OCH3 is 1. The Kier molecular flexibility index (Phi) is 4.52. The van der Waals surface area contributed by atoms with Gasteiger partial charge in [-0.25, -0.2) is 4.98 Å². The standard InChI is InChI=1S/C13H19N3O2/c1-18-13-10(5-4-8-15-13)9-16-12(17)11-6-2-3-7-14-11/h4-5,8,11,14H,2-3,6-7,9H2,1H3,(H,16,17)/t11-/m1/s1. The van der Waals surface area contributed by atoms with Crippen molar-refractivity contribution >= 4 is 5.91 Å². The summed E-state index contributed by atoms with van der Waals surface area (Å²) in [5, 5.41) is 6.15. The van der Waals surface area contributed by atoms with Gasteiger partial charge in [0.05, 0.1) is 13.2 Å². The second-order valence-corrected chi connectivity index (χ2v) is 4.39. The van der Waals surface area contributed by atoms with Gasteiger partial charge in [0.15, 0.2) is 0 Å². The Bertz CT molecular complexity index is 403. The van der Waals surface area contributed by atoms with Crippen LogP contribution in [0.3, 0.4) is 0 Å². The molecule has 1 aliphatic rings. The van der Waals surface area contributed by atoms with Crippen molar-refractivity contribution < 1.29 is 9.53 Å². The van der Waals surface area contributed by atoms with E-state index in [0.29, 0.717) is 12.4 Å². The minimum atomic E-state index is -0.0542. The summed E-state index contributed by atoms with van der Waals surface area (Å²) >= 11 is 0. The number of carbonyl (C=O) groups excluding carboxylic acids is 1. The van der Waals surface area contributed by atoms with Gasteiger partial charge in [-0.05, 0) is 25.5 Å². The molecule has 2 heterocycles. The minimum Gasteiger partial charge on any atom is -0.481 e. The highest BCUT2D eigenvalue weighted by molar-refractivity contribution is 5.81. The fourth-order valence-electron chi connectivity index (χ4n) is 2.12. The summed E-state index contributed by atoms with van der Waals surface area (Å²) < 4.78 is 5.15. The lowest BCUT2D eigenvalue weighted by molar-refractivity contribution is -0.123. The first-order valence-electron chi connectivity index (χ1n) is 6.30. The van der Waals surface area contributed by atoms with E-state index in [9.17, 15) is 4.79 Å². The Morgan fingerprint density at radius 2 is 2.50 bits per heavy atom. The number of carbonyl (C=O) groups is 1. The first-order chi connectivity index (χ1) is 8.81. The van der Waals surface area contributed by atoms with E-state index >= 15 is 0 Å². The van der Waals surface area contributed by atoms with Gasteiger partial charge < -0.3 is 15.4 Å². The predicted octanol–water partition coefficient (Wildman–Crippen LogP) is 0.848. The molecule has 0 aliphatic carbocycles. The average molecular weight is 249 g/mol. The van der Waals surface area contributed by atoms with Crippen LogP contribution in [-0.2, 0) is 11.3 Å². The zero-order chi connectivity index (χ0) is 12.8. The van der Waals surface area contributed by atoms with Crippen LogP contribution in [0.5, 0.6) is 5.88 Å². The number of hydrogen-bond acceptors (Lipinski definition) is 4. The number of nitrogens with one attached hydrogen (secondary N) is 2. The number of rotatable bonds is 4. The van der Waals surface area contributed by atoms with Gasteiger partial charge in [-0.1, -0.05) is 12.5 Å². The van der Waals surface area contributed by atoms with Gasteiger partial charge >= 0.3 is 0 Å². The summed E-state index contributed by atoms with van der Waals surface area (Å²) in [6, 6.07) is 3.69. The molecule has 1 aromatic heterocycles. The molecule has 0 spiro atoms. The second kappa shape index (κ2) is 6.35. The van der Waals surface area contributed by atoms with Gasteiger partial charge in [0, 0.05) is 18.3 Å². The Labute approximate surface area is 107 Å². The molecule has 1 saturated heterocycles. The maximum Gasteiger partial charge on any atom is 0.237 e. The first kappa shape index (κ1) is 12.8. The third-order valence-corrected chi connectivity index (χ3v) is 3.12. The summed E-state index contributed by atoms with van der Waals surface area (Å²) in [4.78, 5) is 16.0. The van der Waals surface area contributed by atoms with E-state index in [4.69, 9.17) is 4.74 Å². The van der Waals surface area contributed by atoms with Crippen LogP contribution in [0.2, 0.25) is 0 Å². The highest BCUT2D eigenvalue weighted by Gasteiger charge is 2.20. The van der Waals surface area contributed by atoms with Gasteiger partial charge in [-0.3, -0.25) is 4.79 Å². The lowest BCUT2D eigenvalue weighted by Crippen LogP contribution is -2.46. The van der Waals surface area contributed by atoms with E-state index in [1.54, 1.807) is 13.3 Å². The molecule has 1 aromatic rings. The quantitative estimate of drug-likeness (QED) is 0.830. The molecule has 2 N–H and O–H groups in total. The monoisotopic (exact) mass is 249 g/mol. The third kappa shape index (κ3) is 3.20. The maximum atomic E-state index is 11.9. The van der Waals surface area contributed by atoms with Crippen LogP contribution in [-0.4, -0.2) is 30.6 Å². The summed E-state index contributed by atoms with van der Waals surface area (Å²) in [5.41, 5.74) is 0.893. The zero-order valence-corrected chi connectivity index (χ0v) is 10.6. The van der Waals surface area contributed by atoms with Crippen molar-refractivity contribution in [1.29, 1.82) is 0 Å². The molecule has 5 nitrogen and oxygen atoms in total. The molecule has 1 atom stereocenters. The summed E-state index contributed by atoms with van der Waals surface area (Å²) in [6.07, 6.45) is 4.85. The molecule has 1 fully saturated rings. The molecule has 1 aliphatic heterocycles. The van der Waals surface area contributed by atoms with E-state index in [2.05, 4.69) is 15.6 Å².